The van der Waals surface area contributed by atoms with Crippen molar-refractivity contribution in [1.29, 1.82) is 0 Å². The molecule has 2 aromatic carbocycles. The van der Waals surface area contributed by atoms with Crippen molar-refractivity contribution in [3.63, 3.8) is 0 Å². The molecule has 0 aromatic heterocycles. The molecule has 0 bridgehead atoms. The van der Waals surface area contributed by atoms with Gasteiger partial charge in [0.2, 0.25) is 0 Å². The third-order valence-electron chi connectivity index (χ3n) is 5.26. The Morgan fingerprint density at radius 1 is 0.781 bits per heavy atom. The molecular formula is C27H38N2O3. The van der Waals surface area contributed by atoms with E-state index in [1.54, 1.807) is 24.3 Å². The van der Waals surface area contributed by atoms with Crippen LogP contribution in [-0.4, -0.2) is 18.7 Å². The molecule has 32 heavy (non-hydrogen) atoms. The number of unbranched alkanes of at least 4 members (excludes halogenated alkanes) is 6. The second-order valence-corrected chi connectivity index (χ2v) is 8.22. The topological polar surface area (TPSA) is 60.2 Å². The summed E-state index contributed by atoms with van der Waals surface area (Å²) in [5, 5.41) is 8.52. The number of ether oxygens (including phenoxy) is 2. The highest BCUT2D eigenvalue weighted by Gasteiger charge is 2.11. The standard InChI is InChI=1S/C27H38N2O3/c1-4-6-8-10-12-22(3)32-27(30)23-13-15-24(16-14-23)28-29-25-17-19-26(20-18-25)31-21-11-9-7-5-2/h13-20,22H,4-12,21H2,1-3H3. The van der Waals surface area contributed by atoms with Gasteiger partial charge in [0.25, 0.3) is 0 Å². The highest BCUT2D eigenvalue weighted by atomic mass is 16.5. The van der Waals surface area contributed by atoms with Gasteiger partial charge in [-0.3, -0.25) is 0 Å². The average Bonchev–Trinajstić information content (AvgIpc) is 2.81. The Bertz CT molecular complexity index is 801. The SMILES string of the molecule is CCCCCCOc1ccc(N=Nc2ccc(C(=O)OC(C)CCCCCC)cc2)cc1. The van der Waals surface area contributed by atoms with Gasteiger partial charge in [0.05, 0.1) is 29.6 Å². The summed E-state index contributed by atoms with van der Waals surface area (Å²) in [7, 11) is 0. The Balaban J connectivity index is 1.78. The molecule has 5 heteroatoms. The summed E-state index contributed by atoms with van der Waals surface area (Å²) < 4.78 is 11.3. The molecule has 0 aliphatic rings. The number of nitrogens with zero attached hydrogens (tertiary/aromatic N) is 2. The van der Waals surface area contributed by atoms with Gasteiger partial charge in [-0.2, -0.15) is 10.2 Å². The lowest BCUT2D eigenvalue weighted by molar-refractivity contribution is 0.0319. The zero-order chi connectivity index (χ0) is 23.0. The van der Waals surface area contributed by atoms with Crippen molar-refractivity contribution in [1.82, 2.24) is 0 Å². The first-order valence-electron chi connectivity index (χ1n) is 12.1. The minimum atomic E-state index is -0.290. The number of esters is 1. The smallest absolute Gasteiger partial charge is 0.338 e. The van der Waals surface area contributed by atoms with E-state index in [9.17, 15) is 4.79 Å². The molecule has 0 heterocycles. The Kier molecular flexibility index (Phi) is 12.1. The number of carbonyl (C=O) groups is 1. The van der Waals surface area contributed by atoms with Crippen LogP contribution in [0.4, 0.5) is 11.4 Å². The van der Waals surface area contributed by atoms with E-state index in [2.05, 4.69) is 24.1 Å². The molecule has 0 N–H and O–H groups in total. The van der Waals surface area contributed by atoms with Crippen molar-refractivity contribution in [3.8, 4) is 5.75 Å². The Morgan fingerprint density at radius 2 is 1.34 bits per heavy atom. The normalized spacial score (nSPS) is 12.1. The lowest BCUT2D eigenvalue weighted by atomic mass is 10.1. The fourth-order valence-electron chi connectivity index (χ4n) is 3.28. The summed E-state index contributed by atoms with van der Waals surface area (Å²) in [5.41, 5.74) is 1.97. The maximum Gasteiger partial charge on any atom is 0.338 e. The van der Waals surface area contributed by atoms with Crippen LogP contribution in [0, 0.1) is 0 Å². The van der Waals surface area contributed by atoms with E-state index in [-0.39, 0.29) is 12.1 Å². The summed E-state index contributed by atoms with van der Waals surface area (Å²) in [4.78, 5) is 12.3. The fraction of sp³-hybridized carbons (Fsp3) is 0.519. The summed E-state index contributed by atoms with van der Waals surface area (Å²) in [6.45, 7) is 7.09. The van der Waals surface area contributed by atoms with Crippen molar-refractivity contribution in [2.75, 3.05) is 6.61 Å². The first-order chi connectivity index (χ1) is 15.6. The molecule has 1 unspecified atom stereocenters. The molecular weight excluding hydrogens is 400 g/mol. The minimum Gasteiger partial charge on any atom is -0.494 e. The maximum atomic E-state index is 12.3. The van der Waals surface area contributed by atoms with E-state index in [1.165, 1.54) is 38.5 Å². The first kappa shape index (κ1) is 25.6. The lowest BCUT2D eigenvalue weighted by Gasteiger charge is -2.13. The fourth-order valence-corrected chi connectivity index (χ4v) is 3.28. The van der Waals surface area contributed by atoms with Gasteiger partial charge in [-0.15, -0.1) is 0 Å². The molecule has 1 atom stereocenters. The second kappa shape index (κ2) is 15.2. The van der Waals surface area contributed by atoms with E-state index in [0.29, 0.717) is 11.3 Å². The average molecular weight is 439 g/mol. The van der Waals surface area contributed by atoms with Crippen molar-refractivity contribution in [2.45, 2.75) is 84.7 Å². The highest BCUT2D eigenvalue weighted by Crippen LogP contribution is 2.22. The Labute approximate surface area is 193 Å². The molecule has 0 saturated heterocycles. The van der Waals surface area contributed by atoms with E-state index in [4.69, 9.17) is 9.47 Å². The van der Waals surface area contributed by atoms with E-state index in [1.807, 2.05) is 31.2 Å². The van der Waals surface area contributed by atoms with E-state index >= 15 is 0 Å². The maximum absolute atomic E-state index is 12.3. The molecule has 2 aromatic rings. The van der Waals surface area contributed by atoms with Crippen molar-refractivity contribution in [2.24, 2.45) is 10.2 Å². The van der Waals surface area contributed by atoms with E-state index in [0.717, 1.165) is 37.3 Å². The lowest BCUT2D eigenvalue weighted by Crippen LogP contribution is -2.14. The summed E-state index contributed by atoms with van der Waals surface area (Å²) in [6.07, 6.45) is 10.3. The molecule has 5 nitrogen and oxygen atoms in total. The van der Waals surface area contributed by atoms with Crippen LogP contribution in [0.5, 0.6) is 5.75 Å². The molecule has 0 saturated carbocycles. The van der Waals surface area contributed by atoms with Crippen LogP contribution < -0.4 is 4.74 Å². The van der Waals surface area contributed by atoms with Crippen LogP contribution >= 0.6 is 0 Å². The molecule has 0 spiro atoms. The molecule has 0 fully saturated rings. The summed E-state index contributed by atoms with van der Waals surface area (Å²) in [5.74, 6) is 0.560. The molecule has 0 radical (unpaired) electrons. The summed E-state index contributed by atoms with van der Waals surface area (Å²) in [6, 6.07) is 14.6. The van der Waals surface area contributed by atoms with E-state index < -0.39 is 0 Å². The predicted octanol–water partition coefficient (Wildman–Crippen LogP) is 8.58. The monoisotopic (exact) mass is 438 g/mol. The van der Waals surface area contributed by atoms with Gasteiger partial charge in [-0.05, 0) is 74.7 Å². The van der Waals surface area contributed by atoms with Gasteiger partial charge in [0.15, 0.2) is 0 Å². The predicted molar refractivity (Wildman–Crippen MR) is 130 cm³/mol. The van der Waals surface area contributed by atoms with Gasteiger partial charge >= 0.3 is 5.97 Å². The quantitative estimate of drug-likeness (QED) is 0.159. The Morgan fingerprint density at radius 3 is 1.94 bits per heavy atom. The Hall–Kier alpha value is -2.69. The zero-order valence-corrected chi connectivity index (χ0v) is 19.9. The molecule has 0 aliphatic heterocycles. The molecule has 2 rings (SSSR count). The highest BCUT2D eigenvalue weighted by molar-refractivity contribution is 5.89. The van der Waals surface area contributed by atoms with Crippen molar-refractivity contribution in [3.05, 3.63) is 54.1 Å². The third kappa shape index (κ3) is 10.1. The first-order valence-corrected chi connectivity index (χ1v) is 12.1. The third-order valence-corrected chi connectivity index (χ3v) is 5.26. The van der Waals surface area contributed by atoms with Gasteiger partial charge in [-0.25, -0.2) is 4.79 Å². The van der Waals surface area contributed by atoms with Gasteiger partial charge in [0, 0.05) is 0 Å². The summed E-state index contributed by atoms with van der Waals surface area (Å²) >= 11 is 0. The van der Waals surface area contributed by atoms with Crippen molar-refractivity contribution >= 4 is 17.3 Å². The van der Waals surface area contributed by atoms with Crippen LogP contribution in [0.2, 0.25) is 0 Å². The number of azo groups is 1. The largest absolute Gasteiger partial charge is 0.494 e. The van der Waals surface area contributed by atoms with Gasteiger partial charge < -0.3 is 9.47 Å². The number of carbonyl (C=O) groups excluding carboxylic acids is 1. The van der Waals surface area contributed by atoms with Gasteiger partial charge in [0.1, 0.15) is 5.75 Å². The van der Waals surface area contributed by atoms with Crippen LogP contribution in [0.3, 0.4) is 0 Å². The number of benzene rings is 2. The number of rotatable bonds is 15. The van der Waals surface area contributed by atoms with Crippen LogP contribution in [0.1, 0.15) is 88.9 Å². The van der Waals surface area contributed by atoms with Crippen molar-refractivity contribution < 1.29 is 14.3 Å². The second-order valence-electron chi connectivity index (χ2n) is 8.22. The van der Waals surface area contributed by atoms with Gasteiger partial charge in [-0.1, -0.05) is 52.4 Å². The van der Waals surface area contributed by atoms with Crippen LogP contribution in [-0.2, 0) is 4.74 Å². The molecule has 0 amide bonds. The number of hydrogen-bond acceptors (Lipinski definition) is 5. The van der Waals surface area contributed by atoms with Crippen LogP contribution in [0.25, 0.3) is 0 Å². The number of hydrogen-bond donors (Lipinski definition) is 0. The molecule has 174 valence electrons. The minimum absolute atomic E-state index is 0.0676. The zero-order valence-electron chi connectivity index (χ0n) is 19.9. The van der Waals surface area contributed by atoms with Crippen LogP contribution in [0.15, 0.2) is 58.8 Å². The molecule has 0 aliphatic carbocycles.